The van der Waals surface area contributed by atoms with E-state index in [-0.39, 0.29) is 6.10 Å². The van der Waals surface area contributed by atoms with Gasteiger partial charge in [0.2, 0.25) is 0 Å². The second kappa shape index (κ2) is 6.62. The molecular formula is C14H22O. The number of hydrogen-bond acceptors (Lipinski definition) is 1. The SMILES string of the molecule is CC(C)CCCOC(C)c1ccccc1. The van der Waals surface area contributed by atoms with Crippen molar-refractivity contribution < 1.29 is 4.74 Å². The Bertz CT molecular complexity index is 253. The molecule has 0 aliphatic rings. The first kappa shape index (κ1) is 12.3. The van der Waals surface area contributed by atoms with Crippen LogP contribution >= 0.6 is 0 Å². The lowest BCUT2D eigenvalue weighted by atomic mass is 10.1. The standard InChI is InChI=1S/C14H22O/c1-12(2)8-7-11-15-13(3)14-9-5-4-6-10-14/h4-6,9-10,12-13H,7-8,11H2,1-3H3. The van der Waals surface area contributed by atoms with E-state index in [0.29, 0.717) is 0 Å². The highest BCUT2D eigenvalue weighted by Crippen LogP contribution is 2.16. The zero-order valence-corrected chi connectivity index (χ0v) is 10.1. The first-order valence-electron chi connectivity index (χ1n) is 5.86. The molecule has 0 aliphatic heterocycles. The summed E-state index contributed by atoms with van der Waals surface area (Å²) in [6.07, 6.45) is 2.63. The van der Waals surface area contributed by atoms with Gasteiger partial charge in [0.1, 0.15) is 0 Å². The Morgan fingerprint density at radius 2 is 1.73 bits per heavy atom. The van der Waals surface area contributed by atoms with Crippen LogP contribution in [0.4, 0.5) is 0 Å². The molecule has 0 saturated heterocycles. The van der Waals surface area contributed by atoms with E-state index < -0.39 is 0 Å². The molecule has 0 bridgehead atoms. The van der Waals surface area contributed by atoms with E-state index in [0.717, 1.165) is 18.9 Å². The van der Waals surface area contributed by atoms with Crippen LogP contribution in [0.3, 0.4) is 0 Å². The van der Waals surface area contributed by atoms with Crippen molar-refractivity contribution in [2.24, 2.45) is 5.92 Å². The van der Waals surface area contributed by atoms with Gasteiger partial charge in [0.05, 0.1) is 6.10 Å². The quantitative estimate of drug-likeness (QED) is 0.634. The third kappa shape index (κ3) is 4.98. The lowest BCUT2D eigenvalue weighted by molar-refractivity contribution is 0.0615. The highest BCUT2D eigenvalue weighted by atomic mass is 16.5. The fourth-order valence-electron chi connectivity index (χ4n) is 1.57. The van der Waals surface area contributed by atoms with Gasteiger partial charge in [-0.3, -0.25) is 0 Å². The molecule has 0 radical (unpaired) electrons. The molecule has 15 heavy (non-hydrogen) atoms. The molecule has 0 heterocycles. The van der Waals surface area contributed by atoms with Gasteiger partial charge in [-0.15, -0.1) is 0 Å². The summed E-state index contributed by atoms with van der Waals surface area (Å²) in [7, 11) is 0. The minimum absolute atomic E-state index is 0.221. The molecular weight excluding hydrogens is 184 g/mol. The Hall–Kier alpha value is -0.820. The highest BCUT2D eigenvalue weighted by Gasteiger charge is 2.04. The molecule has 0 aliphatic carbocycles. The minimum Gasteiger partial charge on any atom is -0.374 e. The average Bonchev–Trinajstić information content (AvgIpc) is 2.25. The molecule has 0 amide bonds. The summed E-state index contributed by atoms with van der Waals surface area (Å²) in [5.74, 6) is 0.778. The van der Waals surface area contributed by atoms with Gasteiger partial charge in [-0.2, -0.15) is 0 Å². The lowest BCUT2D eigenvalue weighted by Gasteiger charge is -2.13. The summed E-state index contributed by atoms with van der Waals surface area (Å²) in [6.45, 7) is 7.49. The van der Waals surface area contributed by atoms with E-state index in [2.05, 4.69) is 45.0 Å². The highest BCUT2D eigenvalue weighted by molar-refractivity contribution is 5.16. The Kier molecular flexibility index (Phi) is 5.41. The van der Waals surface area contributed by atoms with Gasteiger partial charge >= 0.3 is 0 Å². The molecule has 1 heteroatoms. The Balaban J connectivity index is 2.22. The van der Waals surface area contributed by atoms with Crippen molar-refractivity contribution in [1.29, 1.82) is 0 Å². The molecule has 0 saturated carbocycles. The van der Waals surface area contributed by atoms with Crippen LogP contribution in [0, 0.1) is 5.92 Å². The lowest BCUT2D eigenvalue weighted by Crippen LogP contribution is -2.02. The maximum atomic E-state index is 5.78. The topological polar surface area (TPSA) is 9.23 Å². The Labute approximate surface area is 93.5 Å². The van der Waals surface area contributed by atoms with Gasteiger partial charge in [0.15, 0.2) is 0 Å². The maximum absolute atomic E-state index is 5.78. The molecule has 1 atom stereocenters. The summed E-state index contributed by atoms with van der Waals surface area (Å²) in [5, 5.41) is 0. The largest absolute Gasteiger partial charge is 0.374 e. The van der Waals surface area contributed by atoms with Crippen LogP contribution < -0.4 is 0 Å². The second-order valence-corrected chi connectivity index (χ2v) is 4.46. The van der Waals surface area contributed by atoms with Crippen LogP contribution in [0.25, 0.3) is 0 Å². The van der Waals surface area contributed by atoms with Gasteiger partial charge in [-0.05, 0) is 31.2 Å². The summed E-state index contributed by atoms with van der Waals surface area (Å²) < 4.78 is 5.78. The molecule has 1 rings (SSSR count). The van der Waals surface area contributed by atoms with E-state index in [9.17, 15) is 0 Å². The van der Waals surface area contributed by atoms with Crippen LogP contribution in [0.5, 0.6) is 0 Å². The second-order valence-electron chi connectivity index (χ2n) is 4.46. The van der Waals surface area contributed by atoms with Crippen molar-refractivity contribution in [3.05, 3.63) is 35.9 Å². The Morgan fingerprint density at radius 3 is 2.33 bits per heavy atom. The predicted molar refractivity (Wildman–Crippen MR) is 64.9 cm³/mol. The van der Waals surface area contributed by atoms with Crippen LogP contribution in [0.1, 0.15) is 45.3 Å². The minimum atomic E-state index is 0.221. The average molecular weight is 206 g/mol. The summed E-state index contributed by atoms with van der Waals surface area (Å²) in [5.41, 5.74) is 1.27. The summed E-state index contributed by atoms with van der Waals surface area (Å²) in [6, 6.07) is 10.4. The molecule has 0 spiro atoms. The van der Waals surface area contributed by atoms with Crippen molar-refractivity contribution >= 4 is 0 Å². The van der Waals surface area contributed by atoms with Crippen LogP contribution in [-0.4, -0.2) is 6.61 Å². The zero-order chi connectivity index (χ0) is 11.1. The van der Waals surface area contributed by atoms with Crippen molar-refractivity contribution in [2.45, 2.75) is 39.7 Å². The van der Waals surface area contributed by atoms with Gasteiger partial charge < -0.3 is 4.74 Å². The zero-order valence-electron chi connectivity index (χ0n) is 10.1. The summed E-state index contributed by atoms with van der Waals surface area (Å²) in [4.78, 5) is 0. The fourth-order valence-corrected chi connectivity index (χ4v) is 1.57. The normalized spacial score (nSPS) is 13.1. The molecule has 0 fully saturated rings. The van der Waals surface area contributed by atoms with Crippen molar-refractivity contribution in [1.82, 2.24) is 0 Å². The summed E-state index contributed by atoms with van der Waals surface area (Å²) >= 11 is 0. The Morgan fingerprint density at radius 1 is 1.07 bits per heavy atom. The van der Waals surface area contributed by atoms with Gasteiger partial charge in [-0.25, -0.2) is 0 Å². The number of benzene rings is 1. The first-order valence-corrected chi connectivity index (χ1v) is 5.86. The van der Waals surface area contributed by atoms with E-state index in [4.69, 9.17) is 4.74 Å². The predicted octanol–water partition coefficient (Wildman–Crippen LogP) is 4.20. The number of ether oxygens (including phenoxy) is 1. The molecule has 0 N–H and O–H groups in total. The van der Waals surface area contributed by atoms with E-state index in [1.165, 1.54) is 12.0 Å². The van der Waals surface area contributed by atoms with Gasteiger partial charge in [-0.1, -0.05) is 44.2 Å². The van der Waals surface area contributed by atoms with E-state index >= 15 is 0 Å². The van der Waals surface area contributed by atoms with Crippen LogP contribution in [0.15, 0.2) is 30.3 Å². The van der Waals surface area contributed by atoms with Crippen molar-refractivity contribution in [2.75, 3.05) is 6.61 Å². The third-order valence-electron chi connectivity index (χ3n) is 2.56. The number of hydrogen-bond donors (Lipinski definition) is 0. The molecule has 84 valence electrons. The van der Waals surface area contributed by atoms with Crippen LogP contribution in [0.2, 0.25) is 0 Å². The van der Waals surface area contributed by atoms with Crippen LogP contribution in [-0.2, 0) is 4.74 Å². The number of rotatable bonds is 6. The molecule has 1 aromatic rings. The first-order chi connectivity index (χ1) is 7.20. The van der Waals surface area contributed by atoms with E-state index in [1.54, 1.807) is 0 Å². The molecule has 1 aromatic carbocycles. The maximum Gasteiger partial charge on any atom is 0.0796 e. The third-order valence-corrected chi connectivity index (χ3v) is 2.56. The monoisotopic (exact) mass is 206 g/mol. The van der Waals surface area contributed by atoms with E-state index in [1.807, 2.05) is 6.07 Å². The molecule has 1 nitrogen and oxygen atoms in total. The van der Waals surface area contributed by atoms with Crippen molar-refractivity contribution in [3.8, 4) is 0 Å². The van der Waals surface area contributed by atoms with Gasteiger partial charge in [0.25, 0.3) is 0 Å². The van der Waals surface area contributed by atoms with Gasteiger partial charge in [0, 0.05) is 6.61 Å². The van der Waals surface area contributed by atoms with Crippen molar-refractivity contribution in [3.63, 3.8) is 0 Å². The molecule has 0 aromatic heterocycles. The molecule has 1 unspecified atom stereocenters. The fraction of sp³-hybridized carbons (Fsp3) is 0.571. The smallest absolute Gasteiger partial charge is 0.0796 e.